The molecule has 0 bridgehead atoms. The summed E-state index contributed by atoms with van der Waals surface area (Å²) in [6.45, 7) is 3.32. The van der Waals surface area contributed by atoms with Gasteiger partial charge in [-0.2, -0.15) is 0 Å². The Hall–Kier alpha value is -2.08. The number of amides is 2. The molecule has 0 spiro atoms. The average Bonchev–Trinajstić information content (AvgIpc) is 2.50. The van der Waals surface area contributed by atoms with Gasteiger partial charge in [-0.25, -0.2) is 4.79 Å². The van der Waals surface area contributed by atoms with Crippen molar-refractivity contribution in [3.63, 3.8) is 0 Å². The summed E-state index contributed by atoms with van der Waals surface area (Å²) < 4.78 is 0. The number of aliphatic carboxylic acids is 1. The van der Waals surface area contributed by atoms with E-state index in [1.165, 1.54) is 6.92 Å². The van der Waals surface area contributed by atoms with Crippen molar-refractivity contribution in [3.05, 3.63) is 34.9 Å². The Morgan fingerprint density at radius 1 is 1.17 bits per heavy atom. The molecule has 0 aliphatic heterocycles. The number of rotatable bonds is 9. The Morgan fingerprint density at radius 2 is 1.79 bits per heavy atom. The smallest absolute Gasteiger partial charge is 0.326 e. The summed E-state index contributed by atoms with van der Waals surface area (Å²) in [5, 5.41) is 15.0. The highest BCUT2D eigenvalue weighted by Gasteiger charge is 2.22. The molecule has 0 radical (unpaired) electrons. The molecule has 2 amide bonds. The topological polar surface area (TPSA) is 95.5 Å². The van der Waals surface area contributed by atoms with Gasteiger partial charge in [-0.3, -0.25) is 9.59 Å². The first kappa shape index (κ1) is 20.0. The minimum Gasteiger partial charge on any atom is -0.480 e. The standard InChI is InChI=1S/C17H23ClN2O4/c1-3-4-5-14(17(23)24)20-16(22)10-15(19-11(2)21)12-6-8-13(18)9-7-12/h6-9,14-15H,3-5,10H2,1-2H3,(H,19,21)(H,20,22)(H,23,24)/t14-,15?/m0/s1. The number of carbonyl (C=O) groups is 3. The van der Waals surface area contributed by atoms with E-state index in [9.17, 15) is 19.5 Å². The van der Waals surface area contributed by atoms with Gasteiger partial charge in [0.25, 0.3) is 0 Å². The molecule has 1 aromatic rings. The van der Waals surface area contributed by atoms with Crippen LogP contribution in [0, 0.1) is 0 Å². The van der Waals surface area contributed by atoms with Crippen LogP contribution in [0.5, 0.6) is 0 Å². The second-order valence-electron chi connectivity index (χ2n) is 5.61. The summed E-state index contributed by atoms with van der Waals surface area (Å²) in [6, 6.07) is 5.33. The molecule has 1 unspecified atom stereocenters. The number of hydrogen-bond donors (Lipinski definition) is 3. The lowest BCUT2D eigenvalue weighted by Gasteiger charge is -2.20. The highest BCUT2D eigenvalue weighted by Crippen LogP contribution is 2.19. The lowest BCUT2D eigenvalue weighted by atomic mass is 10.0. The van der Waals surface area contributed by atoms with Crippen molar-refractivity contribution in [3.8, 4) is 0 Å². The van der Waals surface area contributed by atoms with Gasteiger partial charge in [-0.15, -0.1) is 0 Å². The normalized spacial score (nSPS) is 13.0. The van der Waals surface area contributed by atoms with Gasteiger partial charge < -0.3 is 15.7 Å². The molecule has 3 N–H and O–H groups in total. The van der Waals surface area contributed by atoms with Gasteiger partial charge in [0.15, 0.2) is 0 Å². The van der Waals surface area contributed by atoms with Crippen LogP contribution in [0.25, 0.3) is 0 Å². The van der Waals surface area contributed by atoms with E-state index in [4.69, 9.17) is 11.6 Å². The second kappa shape index (κ2) is 9.93. The predicted octanol–water partition coefficient (Wildman–Crippen LogP) is 2.67. The maximum absolute atomic E-state index is 12.2. The number of halogens is 1. The van der Waals surface area contributed by atoms with Gasteiger partial charge >= 0.3 is 5.97 Å². The number of benzene rings is 1. The minimum atomic E-state index is -1.06. The fraction of sp³-hybridized carbons (Fsp3) is 0.471. The van der Waals surface area contributed by atoms with Crippen LogP contribution >= 0.6 is 11.6 Å². The fourth-order valence-electron chi connectivity index (χ4n) is 2.30. The van der Waals surface area contributed by atoms with Crippen molar-refractivity contribution in [1.82, 2.24) is 10.6 Å². The van der Waals surface area contributed by atoms with Crippen LogP contribution in [0.3, 0.4) is 0 Å². The molecule has 6 nitrogen and oxygen atoms in total. The third-order valence-corrected chi connectivity index (χ3v) is 3.77. The van der Waals surface area contributed by atoms with E-state index in [1.54, 1.807) is 24.3 Å². The molecule has 132 valence electrons. The van der Waals surface area contributed by atoms with Crippen molar-refractivity contribution < 1.29 is 19.5 Å². The van der Waals surface area contributed by atoms with E-state index in [0.717, 1.165) is 12.0 Å². The largest absolute Gasteiger partial charge is 0.480 e. The quantitative estimate of drug-likeness (QED) is 0.635. The van der Waals surface area contributed by atoms with Crippen molar-refractivity contribution in [1.29, 1.82) is 0 Å². The SMILES string of the molecule is CCCC[C@H](NC(=O)CC(NC(C)=O)c1ccc(Cl)cc1)C(=O)O. The molecular weight excluding hydrogens is 332 g/mol. The third-order valence-electron chi connectivity index (χ3n) is 3.52. The van der Waals surface area contributed by atoms with Gasteiger partial charge in [-0.1, -0.05) is 43.5 Å². The second-order valence-corrected chi connectivity index (χ2v) is 6.05. The van der Waals surface area contributed by atoms with Crippen molar-refractivity contribution in [2.75, 3.05) is 0 Å². The van der Waals surface area contributed by atoms with Crippen LogP contribution in [0.1, 0.15) is 51.1 Å². The van der Waals surface area contributed by atoms with E-state index in [2.05, 4.69) is 10.6 Å². The Bertz CT molecular complexity index is 574. The van der Waals surface area contributed by atoms with E-state index < -0.39 is 24.0 Å². The zero-order valence-electron chi connectivity index (χ0n) is 13.8. The first-order chi connectivity index (χ1) is 11.3. The number of carboxylic acid groups (broad SMARTS) is 1. The van der Waals surface area contributed by atoms with Crippen molar-refractivity contribution in [2.45, 2.75) is 51.6 Å². The van der Waals surface area contributed by atoms with Crippen molar-refractivity contribution >= 4 is 29.4 Å². The maximum atomic E-state index is 12.2. The van der Waals surface area contributed by atoms with Gasteiger partial charge in [0.2, 0.25) is 11.8 Å². The molecule has 0 aliphatic rings. The summed E-state index contributed by atoms with van der Waals surface area (Å²) >= 11 is 5.85. The summed E-state index contributed by atoms with van der Waals surface area (Å²) in [6.07, 6.45) is 1.89. The third kappa shape index (κ3) is 7.00. The first-order valence-corrected chi connectivity index (χ1v) is 8.26. The van der Waals surface area contributed by atoms with Crippen LogP contribution in [-0.2, 0) is 14.4 Å². The van der Waals surface area contributed by atoms with Crippen molar-refractivity contribution in [2.24, 2.45) is 0 Å². The van der Waals surface area contributed by atoms with Gasteiger partial charge in [0, 0.05) is 11.9 Å². The van der Waals surface area contributed by atoms with Crippen LogP contribution < -0.4 is 10.6 Å². The van der Waals surface area contributed by atoms with E-state index in [-0.39, 0.29) is 12.3 Å². The molecule has 24 heavy (non-hydrogen) atoms. The van der Waals surface area contributed by atoms with E-state index in [0.29, 0.717) is 17.9 Å². The summed E-state index contributed by atoms with van der Waals surface area (Å²) in [5.74, 6) is -1.75. The van der Waals surface area contributed by atoms with Gasteiger partial charge in [0.1, 0.15) is 6.04 Å². The van der Waals surface area contributed by atoms with E-state index >= 15 is 0 Å². The summed E-state index contributed by atoms with van der Waals surface area (Å²) in [5.41, 5.74) is 0.727. The molecule has 2 atom stereocenters. The number of nitrogens with one attached hydrogen (secondary N) is 2. The Kier molecular flexibility index (Phi) is 8.26. The van der Waals surface area contributed by atoms with Gasteiger partial charge in [-0.05, 0) is 24.1 Å². The molecular formula is C17H23ClN2O4. The predicted molar refractivity (Wildman–Crippen MR) is 91.7 cm³/mol. The monoisotopic (exact) mass is 354 g/mol. The molecule has 1 aromatic carbocycles. The highest BCUT2D eigenvalue weighted by molar-refractivity contribution is 6.30. The van der Waals surface area contributed by atoms with E-state index in [1.807, 2.05) is 6.92 Å². The fourth-order valence-corrected chi connectivity index (χ4v) is 2.42. The molecule has 0 saturated heterocycles. The Labute approximate surface area is 146 Å². The Morgan fingerprint density at radius 3 is 2.29 bits per heavy atom. The zero-order chi connectivity index (χ0) is 18.1. The number of unbranched alkanes of at least 4 members (excludes halogenated alkanes) is 1. The number of hydrogen-bond acceptors (Lipinski definition) is 3. The zero-order valence-corrected chi connectivity index (χ0v) is 14.6. The molecule has 0 saturated carbocycles. The molecule has 7 heteroatoms. The molecule has 1 rings (SSSR count). The summed E-state index contributed by atoms with van der Waals surface area (Å²) in [4.78, 5) is 34.8. The van der Waals surface area contributed by atoms with Crippen LogP contribution in [-0.4, -0.2) is 28.9 Å². The number of carbonyl (C=O) groups excluding carboxylic acids is 2. The average molecular weight is 355 g/mol. The van der Waals surface area contributed by atoms with Crippen LogP contribution in [0.15, 0.2) is 24.3 Å². The van der Waals surface area contributed by atoms with Gasteiger partial charge in [0.05, 0.1) is 12.5 Å². The minimum absolute atomic E-state index is 0.0445. The molecule has 0 heterocycles. The first-order valence-electron chi connectivity index (χ1n) is 7.88. The highest BCUT2D eigenvalue weighted by atomic mass is 35.5. The summed E-state index contributed by atoms with van der Waals surface area (Å²) in [7, 11) is 0. The molecule has 0 aromatic heterocycles. The number of carboxylic acids is 1. The maximum Gasteiger partial charge on any atom is 0.326 e. The molecule has 0 aliphatic carbocycles. The van der Waals surface area contributed by atoms with Crippen LogP contribution in [0.4, 0.5) is 0 Å². The Balaban J connectivity index is 2.77. The lowest BCUT2D eigenvalue weighted by Crippen LogP contribution is -2.42. The molecule has 0 fully saturated rings. The lowest BCUT2D eigenvalue weighted by molar-refractivity contribution is -0.142. The van der Waals surface area contributed by atoms with Crippen LogP contribution in [0.2, 0.25) is 5.02 Å².